The first-order valence-electron chi connectivity index (χ1n) is 3.71. The van der Waals surface area contributed by atoms with Crippen molar-refractivity contribution in [1.29, 1.82) is 0 Å². The number of halogens is 1. The summed E-state index contributed by atoms with van der Waals surface area (Å²) in [5.41, 5.74) is 0. The molecule has 1 aromatic rings. The first-order valence-corrected chi connectivity index (χ1v) is 5.89. The van der Waals surface area contributed by atoms with Crippen molar-refractivity contribution in [3.63, 3.8) is 0 Å². The van der Waals surface area contributed by atoms with Crippen LogP contribution in [0.15, 0.2) is 6.20 Å². The molecule has 1 nitrogen and oxygen atoms in total. The predicted molar refractivity (Wildman–Crippen MR) is 58.2 cm³/mol. The van der Waals surface area contributed by atoms with E-state index in [1.54, 1.807) is 11.3 Å². The first kappa shape index (κ1) is 10.4. The molecule has 0 saturated heterocycles. The standard InChI is InChI=1S/C8H12ClNS2/c1-8(2,3)11-5-6-4-10-7(9)12-6/h4H,5H2,1-3H3. The van der Waals surface area contributed by atoms with Crippen molar-refractivity contribution in [2.24, 2.45) is 0 Å². The van der Waals surface area contributed by atoms with Gasteiger partial charge in [-0.15, -0.1) is 11.3 Å². The van der Waals surface area contributed by atoms with Crippen LogP contribution in [0.2, 0.25) is 4.47 Å². The van der Waals surface area contributed by atoms with Crippen LogP contribution >= 0.6 is 34.7 Å². The van der Waals surface area contributed by atoms with Crippen LogP contribution in [0.1, 0.15) is 25.6 Å². The Balaban J connectivity index is 2.44. The summed E-state index contributed by atoms with van der Waals surface area (Å²) in [6.07, 6.45) is 1.85. The van der Waals surface area contributed by atoms with Crippen molar-refractivity contribution < 1.29 is 0 Å². The lowest BCUT2D eigenvalue weighted by atomic mass is 10.3. The third-order valence-electron chi connectivity index (χ3n) is 1.17. The summed E-state index contributed by atoms with van der Waals surface area (Å²) >= 11 is 9.18. The first-order chi connectivity index (χ1) is 5.47. The van der Waals surface area contributed by atoms with Gasteiger partial charge in [-0.3, -0.25) is 0 Å². The van der Waals surface area contributed by atoms with Gasteiger partial charge in [0.15, 0.2) is 4.47 Å². The molecule has 12 heavy (non-hydrogen) atoms. The number of thiazole rings is 1. The zero-order chi connectivity index (χ0) is 9.19. The Morgan fingerprint density at radius 2 is 2.25 bits per heavy atom. The Morgan fingerprint density at radius 3 is 2.67 bits per heavy atom. The fraction of sp³-hybridized carbons (Fsp3) is 0.625. The van der Waals surface area contributed by atoms with Crippen molar-refractivity contribution in [2.45, 2.75) is 31.3 Å². The van der Waals surface area contributed by atoms with Gasteiger partial charge in [0.25, 0.3) is 0 Å². The third kappa shape index (κ3) is 3.78. The van der Waals surface area contributed by atoms with E-state index in [1.165, 1.54) is 4.88 Å². The summed E-state index contributed by atoms with van der Waals surface area (Å²) in [7, 11) is 0. The maximum Gasteiger partial charge on any atom is 0.183 e. The highest BCUT2D eigenvalue weighted by Gasteiger charge is 2.11. The Bertz CT molecular complexity index is 252. The summed E-state index contributed by atoms with van der Waals surface area (Å²) < 4.78 is 0.954. The second-order valence-electron chi connectivity index (χ2n) is 3.48. The smallest absolute Gasteiger partial charge is 0.183 e. The van der Waals surface area contributed by atoms with Crippen LogP contribution in [0.4, 0.5) is 0 Å². The minimum absolute atomic E-state index is 0.316. The average Bonchev–Trinajstić information content (AvgIpc) is 2.30. The zero-order valence-corrected chi connectivity index (χ0v) is 9.82. The molecule has 0 aliphatic carbocycles. The molecule has 0 bridgehead atoms. The van der Waals surface area contributed by atoms with Gasteiger partial charge >= 0.3 is 0 Å². The van der Waals surface area contributed by atoms with Crippen molar-refractivity contribution in [2.75, 3.05) is 0 Å². The van der Waals surface area contributed by atoms with Crippen molar-refractivity contribution in [1.82, 2.24) is 4.98 Å². The van der Waals surface area contributed by atoms with Crippen molar-refractivity contribution in [3.05, 3.63) is 15.5 Å². The minimum Gasteiger partial charge on any atom is -0.233 e. The van der Waals surface area contributed by atoms with Crippen molar-refractivity contribution in [3.8, 4) is 0 Å². The van der Waals surface area contributed by atoms with E-state index in [9.17, 15) is 0 Å². The number of rotatable bonds is 2. The second-order valence-corrected chi connectivity index (χ2v) is 6.98. The number of hydrogen-bond acceptors (Lipinski definition) is 3. The molecule has 0 radical (unpaired) electrons. The molecule has 0 unspecified atom stereocenters. The van der Waals surface area contributed by atoms with Gasteiger partial charge < -0.3 is 0 Å². The van der Waals surface area contributed by atoms with E-state index in [2.05, 4.69) is 25.8 Å². The zero-order valence-electron chi connectivity index (χ0n) is 7.43. The summed E-state index contributed by atoms with van der Waals surface area (Å²) in [5.74, 6) is 1.01. The van der Waals surface area contributed by atoms with Crippen LogP contribution in [-0.2, 0) is 5.75 Å². The number of nitrogens with zero attached hydrogens (tertiary/aromatic N) is 1. The van der Waals surface area contributed by atoms with E-state index >= 15 is 0 Å². The van der Waals surface area contributed by atoms with Gasteiger partial charge in [0.1, 0.15) is 0 Å². The molecule has 68 valence electrons. The lowest BCUT2D eigenvalue weighted by molar-refractivity contribution is 0.802. The normalized spacial score (nSPS) is 12.0. The monoisotopic (exact) mass is 221 g/mol. The van der Waals surface area contributed by atoms with E-state index in [0.717, 1.165) is 5.75 Å². The van der Waals surface area contributed by atoms with Crippen molar-refractivity contribution >= 4 is 34.7 Å². The molecular weight excluding hydrogens is 210 g/mol. The average molecular weight is 222 g/mol. The van der Waals surface area contributed by atoms with Gasteiger partial charge in [-0.1, -0.05) is 32.4 Å². The maximum absolute atomic E-state index is 5.71. The third-order valence-corrected chi connectivity index (χ3v) is 3.79. The van der Waals surface area contributed by atoms with E-state index in [4.69, 9.17) is 11.6 Å². The minimum atomic E-state index is 0.316. The molecule has 1 heterocycles. The molecule has 1 rings (SSSR count). The molecule has 0 spiro atoms. The molecular formula is C8H12ClNS2. The van der Waals surface area contributed by atoms with Gasteiger partial charge in [0, 0.05) is 21.6 Å². The summed E-state index contributed by atoms with van der Waals surface area (Å²) in [6.45, 7) is 6.63. The Labute approximate surface area is 86.5 Å². The summed E-state index contributed by atoms with van der Waals surface area (Å²) in [5, 5.41) is 0. The van der Waals surface area contributed by atoms with Gasteiger partial charge in [-0.2, -0.15) is 11.8 Å². The quantitative estimate of drug-likeness (QED) is 0.753. The van der Waals surface area contributed by atoms with Gasteiger partial charge in [0.2, 0.25) is 0 Å². The summed E-state index contributed by atoms with van der Waals surface area (Å²) in [4.78, 5) is 5.24. The highest BCUT2D eigenvalue weighted by atomic mass is 35.5. The second kappa shape index (κ2) is 3.99. The number of aromatic nitrogens is 1. The van der Waals surface area contributed by atoms with Crippen LogP contribution in [0.5, 0.6) is 0 Å². The van der Waals surface area contributed by atoms with Crippen LogP contribution in [0, 0.1) is 0 Å². The molecule has 1 aromatic heterocycles. The molecule has 0 atom stereocenters. The number of hydrogen-bond donors (Lipinski definition) is 0. The Hall–Kier alpha value is 0.270. The summed E-state index contributed by atoms with van der Waals surface area (Å²) in [6, 6.07) is 0. The van der Waals surface area contributed by atoms with Gasteiger partial charge in [0.05, 0.1) is 0 Å². The van der Waals surface area contributed by atoms with E-state index in [1.807, 2.05) is 18.0 Å². The van der Waals surface area contributed by atoms with Gasteiger partial charge in [-0.05, 0) is 0 Å². The lowest BCUT2D eigenvalue weighted by Gasteiger charge is -2.16. The molecule has 0 saturated carbocycles. The highest BCUT2D eigenvalue weighted by molar-refractivity contribution is 7.99. The molecule has 0 aromatic carbocycles. The Morgan fingerprint density at radius 1 is 1.58 bits per heavy atom. The predicted octanol–water partition coefficient (Wildman–Crippen LogP) is 3.83. The van der Waals surface area contributed by atoms with E-state index < -0.39 is 0 Å². The van der Waals surface area contributed by atoms with Crippen LogP contribution in [0.25, 0.3) is 0 Å². The van der Waals surface area contributed by atoms with E-state index in [0.29, 0.717) is 9.21 Å². The fourth-order valence-electron chi connectivity index (χ4n) is 0.638. The van der Waals surface area contributed by atoms with Crippen LogP contribution in [0.3, 0.4) is 0 Å². The topological polar surface area (TPSA) is 12.9 Å². The number of thioether (sulfide) groups is 1. The molecule has 0 amide bonds. The molecule has 4 heteroatoms. The molecule has 0 fully saturated rings. The fourth-order valence-corrected chi connectivity index (χ4v) is 2.47. The Kier molecular flexibility index (Phi) is 3.44. The largest absolute Gasteiger partial charge is 0.233 e. The molecule has 0 N–H and O–H groups in total. The SMILES string of the molecule is CC(C)(C)SCc1cnc(Cl)s1. The van der Waals surface area contributed by atoms with E-state index in [-0.39, 0.29) is 0 Å². The molecule has 0 aliphatic rings. The van der Waals surface area contributed by atoms with Crippen LogP contribution in [-0.4, -0.2) is 9.73 Å². The lowest BCUT2D eigenvalue weighted by Crippen LogP contribution is -2.06. The van der Waals surface area contributed by atoms with Crippen LogP contribution < -0.4 is 0 Å². The molecule has 0 aliphatic heterocycles. The maximum atomic E-state index is 5.71. The van der Waals surface area contributed by atoms with Gasteiger partial charge in [-0.25, -0.2) is 4.98 Å². The highest BCUT2D eigenvalue weighted by Crippen LogP contribution is 2.30.